The first kappa shape index (κ1) is 13.9. The van der Waals surface area contributed by atoms with Gasteiger partial charge < -0.3 is 4.74 Å². The van der Waals surface area contributed by atoms with Crippen molar-refractivity contribution in [3.63, 3.8) is 0 Å². The third-order valence-corrected chi connectivity index (χ3v) is 4.43. The summed E-state index contributed by atoms with van der Waals surface area (Å²) in [4.78, 5) is 0. The lowest BCUT2D eigenvalue weighted by Gasteiger charge is -2.34. The Hall–Kier alpha value is -1.49. The summed E-state index contributed by atoms with van der Waals surface area (Å²) in [5, 5.41) is 9.63. The number of nitriles is 1. The Labute approximate surface area is 116 Å². The maximum Gasteiger partial charge on any atom is 0.122 e. The van der Waals surface area contributed by atoms with E-state index in [4.69, 9.17) is 4.74 Å². The highest BCUT2D eigenvalue weighted by Crippen LogP contribution is 2.42. The van der Waals surface area contributed by atoms with E-state index in [2.05, 4.69) is 32.0 Å². The molecule has 0 unspecified atom stereocenters. The molecule has 0 amide bonds. The molecule has 0 saturated heterocycles. The topological polar surface area (TPSA) is 33.0 Å². The van der Waals surface area contributed by atoms with E-state index in [0.29, 0.717) is 0 Å². The molecule has 0 radical (unpaired) electrons. The first-order valence-electron chi connectivity index (χ1n) is 7.13. The Bertz CT molecular complexity index is 479. The third kappa shape index (κ3) is 3.10. The Morgan fingerprint density at radius 3 is 2.63 bits per heavy atom. The summed E-state index contributed by atoms with van der Waals surface area (Å²) >= 11 is 0. The minimum Gasteiger partial charge on any atom is -0.496 e. The summed E-state index contributed by atoms with van der Waals surface area (Å²) < 4.78 is 5.44. The molecule has 0 aromatic heterocycles. The van der Waals surface area contributed by atoms with Crippen LogP contribution < -0.4 is 4.74 Å². The van der Waals surface area contributed by atoms with Crippen molar-refractivity contribution in [3.05, 3.63) is 29.3 Å². The Kier molecular flexibility index (Phi) is 4.14. The number of ether oxygens (including phenoxy) is 1. The molecule has 1 aromatic carbocycles. The zero-order valence-electron chi connectivity index (χ0n) is 12.2. The van der Waals surface area contributed by atoms with Gasteiger partial charge in [0.2, 0.25) is 0 Å². The van der Waals surface area contributed by atoms with Crippen LogP contribution in [0.15, 0.2) is 18.2 Å². The number of hydrogen-bond acceptors (Lipinski definition) is 2. The maximum absolute atomic E-state index is 9.63. The van der Waals surface area contributed by atoms with E-state index in [1.54, 1.807) is 7.11 Å². The summed E-state index contributed by atoms with van der Waals surface area (Å²) in [6, 6.07) is 8.84. The van der Waals surface area contributed by atoms with Gasteiger partial charge in [-0.15, -0.1) is 0 Å². The number of nitrogens with zero attached hydrogens (tertiary/aromatic N) is 1. The van der Waals surface area contributed by atoms with Crippen LogP contribution in [0.25, 0.3) is 0 Å². The smallest absolute Gasteiger partial charge is 0.122 e. The second-order valence-electron chi connectivity index (χ2n) is 6.07. The summed E-state index contributed by atoms with van der Waals surface area (Å²) in [5.41, 5.74) is 2.22. The first-order chi connectivity index (χ1) is 9.08. The Morgan fingerprint density at radius 2 is 2.05 bits per heavy atom. The second-order valence-corrected chi connectivity index (χ2v) is 6.07. The Balaban J connectivity index is 2.24. The van der Waals surface area contributed by atoms with Crippen molar-refractivity contribution < 1.29 is 4.74 Å². The standard InChI is InChI=1S/C17H23NO/c1-13-6-8-17(12-18,9-7-13)11-15-10-14(2)4-5-16(15)19-3/h4-5,10,13H,6-9,11H2,1-3H3. The minimum atomic E-state index is -0.187. The zero-order valence-corrected chi connectivity index (χ0v) is 12.2. The first-order valence-corrected chi connectivity index (χ1v) is 7.13. The van der Waals surface area contributed by atoms with Gasteiger partial charge in [0.25, 0.3) is 0 Å². The largest absolute Gasteiger partial charge is 0.496 e. The molecule has 1 saturated carbocycles. The maximum atomic E-state index is 9.63. The van der Waals surface area contributed by atoms with Gasteiger partial charge in [0.05, 0.1) is 18.6 Å². The minimum absolute atomic E-state index is 0.187. The molecule has 0 atom stereocenters. The van der Waals surface area contributed by atoms with E-state index in [-0.39, 0.29) is 5.41 Å². The molecule has 19 heavy (non-hydrogen) atoms. The normalized spacial score (nSPS) is 26.7. The summed E-state index contributed by atoms with van der Waals surface area (Å²) in [6.07, 6.45) is 5.19. The average Bonchev–Trinajstić information content (AvgIpc) is 2.42. The van der Waals surface area contributed by atoms with E-state index in [9.17, 15) is 5.26 Å². The summed E-state index contributed by atoms with van der Waals surface area (Å²) in [7, 11) is 1.70. The lowest BCUT2D eigenvalue weighted by molar-refractivity contribution is 0.217. The van der Waals surface area contributed by atoms with Gasteiger partial charge in [0, 0.05) is 0 Å². The van der Waals surface area contributed by atoms with Gasteiger partial charge in [-0.05, 0) is 56.6 Å². The van der Waals surface area contributed by atoms with Crippen molar-refractivity contribution >= 4 is 0 Å². The molecule has 1 aliphatic carbocycles. The molecule has 2 nitrogen and oxygen atoms in total. The van der Waals surface area contributed by atoms with E-state index in [1.807, 2.05) is 6.07 Å². The molecule has 0 bridgehead atoms. The molecule has 102 valence electrons. The summed E-state index contributed by atoms with van der Waals surface area (Å²) in [5.74, 6) is 1.68. The predicted octanol–water partition coefficient (Wildman–Crippen LogP) is 4.27. The van der Waals surface area contributed by atoms with Crippen LogP contribution in [0.1, 0.15) is 43.7 Å². The molecular weight excluding hydrogens is 234 g/mol. The van der Waals surface area contributed by atoms with Gasteiger partial charge in [0.1, 0.15) is 5.75 Å². The SMILES string of the molecule is COc1ccc(C)cc1CC1(C#N)CCC(C)CC1. The molecule has 2 heteroatoms. The van der Waals surface area contributed by atoms with Gasteiger partial charge in [-0.25, -0.2) is 0 Å². The van der Waals surface area contributed by atoms with Crippen molar-refractivity contribution in [3.8, 4) is 11.8 Å². The molecule has 0 spiro atoms. The van der Waals surface area contributed by atoms with Gasteiger partial charge >= 0.3 is 0 Å². The van der Waals surface area contributed by atoms with Crippen molar-refractivity contribution in [2.24, 2.45) is 11.3 Å². The molecule has 1 fully saturated rings. The zero-order chi connectivity index (χ0) is 13.9. The van der Waals surface area contributed by atoms with E-state index in [0.717, 1.165) is 30.9 Å². The third-order valence-electron chi connectivity index (χ3n) is 4.43. The lowest BCUT2D eigenvalue weighted by Crippen LogP contribution is -2.27. The fraction of sp³-hybridized carbons (Fsp3) is 0.588. The quantitative estimate of drug-likeness (QED) is 0.810. The highest BCUT2D eigenvalue weighted by molar-refractivity contribution is 5.38. The van der Waals surface area contributed by atoms with E-state index < -0.39 is 0 Å². The molecule has 2 rings (SSSR count). The van der Waals surface area contributed by atoms with Crippen molar-refractivity contribution in [2.45, 2.75) is 46.0 Å². The van der Waals surface area contributed by atoms with Crippen LogP contribution in [0.2, 0.25) is 0 Å². The van der Waals surface area contributed by atoms with E-state index in [1.165, 1.54) is 24.0 Å². The van der Waals surface area contributed by atoms with Gasteiger partial charge in [0.15, 0.2) is 0 Å². The highest BCUT2D eigenvalue weighted by atomic mass is 16.5. The van der Waals surface area contributed by atoms with E-state index >= 15 is 0 Å². The average molecular weight is 257 g/mol. The van der Waals surface area contributed by atoms with Crippen LogP contribution in [-0.2, 0) is 6.42 Å². The van der Waals surface area contributed by atoms with Gasteiger partial charge in [-0.3, -0.25) is 0 Å². The fourth-order valence-electron chi connectivity index (χ4n) is 3.05. The molecular formula is C17H23NO. The molecule has 0 N–H and O–H groups in total. The molecule has 1 aliphatic rings. The van der Waals surface area contributed by atoms with Crippen LogP contribution in [0.5, 0.6) is 5.75 Å². The van der Waals surface area contributed by atoms with Crippen LogP contribution in [-0.4, -0.2) is 7.11 Å². The molecule has 0 aliphatic heterocycles. The Morgan fingerprint density at radius 1 is 1.37 bits per heavy atom. The number of methoxy groups -OCH3 is 1. The monoisotopic (exact) mass is 257 g/mol. The van der Waals surface area contributed by atoms with Crippen LogP contribution >= 0.6 is 0 Å². The van der Waals surface area contributed by atoms with Gasteiger partial charge in [-0.2, -0.15) is 5.26 Å². The van der Waals surface area contributed by atoms with Crippen molar-refractivity contribution in [1.29, 1.82) is 5.26 Å². The predicted molar refractivity (Wildman–Crippen MR) is 77.1 cm³/mol. The number of hydrogen-bond donors (Lipinski definition) is 0. The van der Waals surface area contributed by atoms with Crippen LogP contribution in [0.4, 0.5) is 0 Å². The number of rotatable bonds is 3. The fourth-order valence-corrected chi connectivity index (χ4v) is 3.05. The highest BCUT2D eigenvalue weighted by Gasteiger charge is 2.35. The number of aryl methyl sites for hydroxylation is 1. The van der Waals surface area contributed by atoms with Gasteiger partial charge in [-0.1, -0.05) is 24.6 Å². The summed E-state index contributed by atoms with van der Waals surface area (Å²) in [6.45, 7) is 4.37. The van der Waals surface area contributed by atoms with Crippen molar-refractivity contribution in [1.82, 2.24) is 0 Å². The molecule has 0 heterocycles. The lowest BCUT2D eigenvalue weighted by atomic mass is 9.68. The van der Waals surface area contributed by atoms with Crippen LogP contribution in [0.3, 0.4) is 0 Å². The molecule has 1 aromatic rings. The van der Waals surface area contributed by atoms with Crippen molar-refractivity contribution in [2.75, 3.05) is 7.11 Å². The van der Waals surface area contributed by atoms with Crippen LogP contribution in [0, 0.1) is 29.6 Å². The second kappa shape index (κ2) is 5.65. The number of benzene rings is 1.